The number of rotatable bonds is 5. The maximum Gasteiger partial charge on any atom is 0.409 e. The summed E-state index contributed by atoms with van der Waals surface area (Å²) in [5, 5.41) is 3.17. The van der Waals surface area contributed by atoms with Crippen LogP contribution in [0.3, 0.4) is 0 Å². The van der Waals surface area contributed by atoms with Gasteiger partial charge in [0, 0.05) is 33.2 Å². The first-order valence-corrected chi connectivity index (χ1v) is 8.84. The van der Waals surface area contributed by atoms with Gasteiger partial charge in [0.1, 0.15) is 5.82 Å². The van der Waals surface area contributed by atoms with E-state index >= 15 is 0 Å². The standard InChI is InChI=1S/C18H28FN5O2.HI/c1-4-26-18(25)24-9-7-14(8-10-24)22-17(20)21-12-13-5-6-16(23(2)3)15(19)11-13;/h5-6,11,14H,4,7-10,12H2,1-3H3,(H3,20,21,22);1H. The van der Waals surface area contributed by atoms with Crippen LogP contribution in [0.4, 0.5) is 14.9 Å². The highest BCUT2D eigenvalue weighted by Gasteiger charge is 2.23. The highest BCUT2D eigenvalue weighted by atomic mass is 127. The van der Waals surface area contributed by atoms with E-state index in [0.29, 0.717) is 37.9 Å². The number of hydrogen-bond donors (Lipinski definition) is 2. The van der Waals surface area contributed by atoms with E-state index in [1.54, 1.807) is 36.9 Å². The third-order valence-electron chi connectivity index (χ3n) is 4.30. The van der Waals surface area contributed by atoms with Gasteiger partial charge in [-0.1, -0.05) is 6.07 Å². The van der Waals surface area contributed by atoms with Gasteiger partial charge < -0.3 is 25.6 Å². The number of aliphatic imine (C=N–C) groups is 1. The van der Waals surface area contributed by atoms with Crippen LogP contribution in [0.2, 0.25) is 0 Å². The Morgan fingerprint density at radius 2 is 2.07 bits per heavy atom. The molecule has 1 aliphatic heterocycles. The van der Waals surface area contributed by atoms with Crippen molar-refractivity contribution in [2.75, 3.05) is 38.7 Å². The van der Waals surface area contributed by atoms with Gasteiger partial charge in [0.25, 0.3) is 0 Å². The van der Waals surface area contributed by atoms with Crippen molar-refractivity contribution in [2.45, 2.75) is 32.4 Å². The van der Waals surface area contributed by atoms with E-state index in [1.807, 2.05) is 6.07 Å². The molecule has 0 aliphatic carbocycles. The highest BCUT2D eigenvalue weighted by Crippen LogP contribution is 2.18. The number of carbonyl (C=O) groups is 1. The predicted octanol–water partition coefficient (Wildman–Crippen LogP) is 2.53. The quantitative estimate of drug-likeness (QED) is 0.375. The Labute approximate surface area is 177 Å². The zero-order valence-corrected chi connectivity index (χ0v) is 18.4. The minimum absolute atomic E-state index is 0. The number of halogens is 2. The van der Waals surface area contributed by atoms with Crippen molar-refractivity contribution in [2.24, 2.45) is 10.7 Å². The summed E-state index contributed by atoms with van der Waals surface area (Å²) in [6.45, 7) is 3.74. The van der Waals surface area contributed by atoms with Crippen molar-refractivity contribution >= 4 is 41.7 Å². The molecule has 1 aliphatic rings. The van der Waals surface area contributed by atoms with Gasteiger partial charge >= 0.3 is 6.09 Å². The number of carbonyl (C=O) groups excluding carboxylic acids is 1. The molecule has 1 aromatic carbocycles. The number of anilines is 1. The average molecular weight is 493 g/mol. The van der Waals surface area contributed by atoms with E-state index in [4.69, 9.17) is 10.5 Å². The molecule has 7 nitrogen and oxygen atoms in total. The number of nitrogens with one attached hydrogen (secondary N) is 1. The molecule has 1 amide bonds. The molecule has 1 saturated heterocycles. The Morgan fingerprint density at radius 3 is 2.63 bits per heavy atom. The second kappa shape index (κ2) is 11.2. The summed E-state index contributed by atoms with van der Waals surface area (Å²) in [5.74, 6) is 0.0530. The summed E-state index contributed by atoms with van der Waals surface area (Å²) in [5.41, 5.74) is 7.24. The first kappa shape index (κ1) is 23.3. The summed E-state index contributed by atoms with van der Waals surface area (Å²) >= 11 is 0. The topological polar surface area (TPSA) is 83.2 Å². The van der Waals surface area contributed by atoms with Gasteiger partial charge in [0.15, 0.2) is 5.96 Å². The molecule has 0 aromatic heterocycles. The van der Waals surface area contributed by atoms with E-state index in [2.05, 4.69) is 10.3 Å². The Kier molecular flexibility index (Phi) is 9.61. The van der Waals surface area contributed by atoms with E-state index in [9.17, 15) is 9.18 Å². The van der Waals surface area contributed by atoms with E-state index in [1.165, 1.54) is 6.07 Å². The van der Waals surface area contributed by atoms with Crippen LogP contribution in [0.1, 0.15) is 25.3 Å². The van der Waals surface area contributed by atoms with Gasteiger partial charge in [-0.05, 0) is 37.5 Å². The number of guanidine groups is 1. The van der Waals surface area contributed by atoms with E-state index < -0.39 is 0 Å². The lowest BCUT2D eigenvalue weighted by Gasteiger charge is -2.31. The van der Waals surface area contributed by atoms with Crippen LogP contribution in [0.15, 0.2) is 23.2 Å². The minimum Gasteiger partial charge on any atom is -0.450 e. The maximum atomic E-state index is 14.0. The minimum atomic E-state index is -0.277. The van der Waals surface area contributed by atoms with Gasteiger partial charge in [0.05, 0.1) is 18.8 Å². The summed E-state index contributed by atoms with van der Waals surface area (Å²) in [4.78, 5) is 19.4. The smallest absolute Gasteiger partial charge is 0.409 e. The molecule has 27 heavy (non-hydrogen) atoms. The molecular weight excluding hydrogens is 464 g/mol. The highest BCUT2D eigenvalue weighted by molar-refractivity contribution is 14.0. The number of amides is 1. The van der Waals surface area contributed by atoms with Crippen LogP contribution in [0.25, 0.3) is 0 Å². The zero-order valence-electron chi connectivity index (χ0n) is 16.1. The van der Waals surface area contributed by atoms with Crippen molar-refractivity contribution in [1.82, 2.24) is 10.2 Å². The van der Waals surface area contributed by atoms with Crippen molar-refractivity contribution < 1.29 is 13.9 Å². The Bertz CT molecular complexity index is 649. The number of piperidine rings is 1. The Balaban J connectivity index is 0.00000364. The number of nitrogens with zero attached hydrogens (tertiary/aromatic N) is 3. The first-order valence-electron chi connectivity index (χ1n) is 8.84. The second-order valence-corrected chi connectivity index (χ2v) is 6.49. The molecule has 0 bridgehead atoms. The molecule has 0 atom stereocenters. The molecule has 3 N–H and O–H groups in total. The average Bonchev–Trinajstić information content (AvgIpc) is 2.60. The third-order valence-corrected chi connectivity index (χ3v) is 4.30. The molecule has 0 unspecified atom stereocenters. The van der Waals surface area contributed by atoms with E-state index in [0.717, 1.165) is 18.4 Å². The van der Waals surface area contributed by atoms with Crippen LogP contribution in [0, 0.1) is 5.82 Å². The lowest BCUT2D eigenvalue weighted by Crippen LogP contribution is -2.48. The van der Waals surface area contributed by atoms with Gasteiger partial charge in [0.2, 0.25) is 0 Å². The molecular formula is C18H29FIN5O2. The third kappa shape index (κ3) is 7.04. The Morgan fingerprint density at radius 1 is 1.41 bits per heavy atom. The second-order valence-electron chi connectivity index (χ2n) is 6.49. The van der Waals surface area contributed by atoms with Crippen LogP contribution >= 0.6 is 24.0 Å². The largest absolute Gasteiger partial charge is 0.450 e. The maximum absolute atomic E-state index is 14.0. The lowest BCUT2D eigenvalue weighted by atomic mass is 10.1. The molecule has 1 fully saturated rings. The molecule has 1 aromatic rings. The molecule has 0 radical (unpaired) electrons. The number of benzene rings is 1. The molecule has 1 heterocycles. The van der Waals surface area contributed by atoms with Gasteiger partial charge in [-0.15, -0.1) is 24.0 Å². The lowest BCUT2D eigenvalue weighted by molar-refractivity contribution is 0.0963. The zero-order chi connectivity index (χ0) is 19.1. The normalized spacial score (nSPS) is 15.1. The molecule has 2 rings (SSSR count). The summed E-state index contributed by atoms with van der Waals surface area (Å²) < 4.78 is 19.0. The molecule has 0 spiro atoms. The fourth-order valence-electron chi connectivity index (χ4n) is 2.86. The summed E-state index contributed by atoms with van der Waals surface area (Å²) in [6, 6.07) is 5.21. The van der Waals surface area contributed by atoms with Gasteiger partial charge in [-0.3, -0.25) is 0 Å². The molecule has 0 saturated carbocycles. The fourth-order valence-corrected chi connectivity index (χ4v) is 2.86. The number of likely N-dealkylation sites (tertiary alicyclic amines) is 1. The van der Waals surface area contributed by atoms with Crippen LogP contribution in [0.5, 0.6) is 0 Å². The SMILES string of the molecule is CCOC(=O)N1CCC(NC(N)=NCc2ccc(N(C)C)c(F)c2)CC1.I. The van der Waals surface area contributed by atoms with Crippen molar-refractivity contribution in [3.63, 3.8) is 0 Å². The molecule has 9 heteroatoms. The Hall–Kier alpha value is -1.78. The van der Waals surface area contributed by atoms with Crippen molar-refractivity contribution in [3.05, 3.63) is 29.6 Å². The van der Waals surface area contributed by atoms with Crippen LogP contribution < -0.4 is 16.0 Å². The predicted molar refractivity (Wildman–Crippen MR) is 116 cm³/mol. The molecule has 152 valence electrons. The number of nitrogens with two attached hydrogens (primary N) is 1. The number of ether oxygens (including phenoxy) is 1. The summed E-state index contributed by atoms with van der Waals surface area (Å²) in [7, 11) is 3.59. The number of hydrogen-bond acceptors (Lipinski definition) is 4. The first-order chi connectivity index (χ1) is 12.4. The monoisotopic (exact) mass is 493 g/mol. The van der Waals surface area contributed by atoms with E-state index in [-0.39, 0.29) is 41.9 Å². The van der Waals surface area contributed by atoms with Gasteiger partial charge in [-0.2, -0.15) is 0 Å². The van der Waals surface area contributed by atoms with Crippen LogP contribution in [-0.2, 0) is 11.3 Å². The van der Waals surface area contributed by atoms with Gasteiger partial charge in [-0.25, -0.2) is 14.2 Å². The van der Waals surface area contributed by atoms with Crippen molar-refractivity contribution in [1.29, 1.82) is 0 Å². The van der Waals surface area contributed by atoms with Crippen LogP contribution in [-0.4, -0.2) is 56.8 Å². The fraction of sp³-hybridized carbons (Fsp3) is 0.556. The summed E-state index contributed by atoms with van der Waals surface area (Å²) in [6.07, 6.45) is 1.29. The van der Waals surface area contributed by atoms with Crippen molar-refractivity contribution in [3.8, 4) is 0 Å².